The van der Waals surface area contributed by atoms with Crippen molar-refractivity contribution in [2.75, 3.05) is 13.2 Å². The van der Waals surface area contributed by atoms with Crippen LogP contribution in [-0.4, -0.2) is 37.2 Å². The third-order valence-corrected chi connectivity index (χ3v) is 5.18. The first-order chi connectivity index (χ1) is 13.1. The Kier molecular flexibility index (Phi) is 6.68. The smallest absolute Gasteiger partial charge is 0.332 e. The zero-order valence-corrected chi connectivity index (χ0v) is 16.4. The van der Waals surface area contributed by atoms with Crippen molar-refractivity contribution < 1.29 is 28.5 Å². The molecule has 3 atom stereocenters. The molecule has 0 bridgehead atoms. The molecule has 1 heterocycles. The fourth-order valence-electron chi connectivity index (χ4n) is 3.18. The number of para-hydroxylation sites is 1. The highest BCUT2D eigenvalue weighted by Crippen LogP contribution is 2.36. The third-order valence-electron chi connectivity index (χ3n) is 4.53. The molecule has 3 rings (SSSR count). The van der Waals surface area contributed by atoms with Crippen molar-refractivity contribution >= 4 is 27.7 Å². The predicted molar refractivity (Wildman–Crippen MR) is 101 cm³/mol. The number of hydrogen-bond donors (Lipinski definition) is 0. The van der Waals surface area contributed by atoms with Gasteiger partial charge < -0.3 is 18.9 Å². The summed E-state index contributed by atoms with van der Waals surface area (Å²) in [5.41, 5.74) is 0. The molecule has 27 heavy (non-hydrogen) atoms. The number of ketones is 1. The van der Waals surface area contributed by atoms with Crippen LogP contribution >= 0.6 is 15.9 Å². The van der Waals surface area contributed by atoms with E-state index in [-0.39, 0.29) is 42.9 Å². The van der Waals surface area contributed by atoms with E-state index in [9.17, 15) is 9.59 Å². The van der Waals surface area contributed by atoms with Gasteiger partial charge in [-0.25, -0.2) is 4.79 Å². The van der Waals surface area contributed by atoms with Crippen LogP contribution in [0.15, 0.2) is 53.4 Å². The maximum atomic E-state index is 12.8. The molecular weight excluding hydrogens is 416 g/mol. The van der Waals surface area contributed by atoms with Gasteiger partial charge in [-0.05, 0) is 40.9 Å². The fourth-order valence-corrected chi connectivity index (χ4v) is 3.55. The Morgan fingerprint density at radius 1 is 1.33 bits per heavy atom. The van der Waals surface area contributed by atoms with Gasteiger partial charge in [0.2, 0.25) is 11.5 Å². The number of ether oxygens (including phenoxy) is 4. The highest BCUT2D eigenvalue weighted by atomic mass is 79.9. The summed E-state index contributed by atoms with van der Waals surface area (Å²) in [4.78, 5) is 24.3. The van der Waals surface area contributed by atoms with E-state index in [0.717, 1.165) is 4.47 Å². The zero-order chi connectivity index (χ0) is 19.2. The molecule has 0 spiro atoms. The van der Waals surface area contributed by atoms with Crippen molar-refractivity contribution in [3.63, 3.8) is 0 Å². The second kappa shape index (κ2) is 9.19. The number of Topliss-reactive ketones (excluding diaryl/α,β-unsaturated/α-hetero) is 1. The first-order valence-corrected chi connectivity index (χ1v) is 9.58. The molecule has 1 aliphatic heterocycles. The second-order valence-electron chi connectivity index (χ2n) is 6.38. The van der Waals surface area contributed by atoms with Crippen molar-refractivity contribution in [1.29, 1.82) is 0 Å². The first-order valence-electron chi connectivity index (χ1n) is 8.79. The minimum absolute atomic E-state index is 0.0640. The van der Waals surface area contributed by atoms with Gasteiger partial charge in [0, 0.05) is 6.42 Å². The number of carbonyl (C=O) groups is 2. The Hall–Kier alpha value is -2.12. The van der Waals surface area contributed by atoms with Crippen molar-refractivity contribution in [3.05, 3.63) is 53.4 Å². The van der Waals surface area contributed by atoms with Crippen molar-refractivity contribution in [3.8, 4) is 5.75 Å². The molecule has 1 saturated carbocycles. The van der Waals surface area contributed by atoms with Crippen LogP contribution in [0.2, 0.25) is 0 Å². The molecule has 144 valence electrons. The molecule has 6 nitrogen and oxygen atoms in total. The largest absolute Gasteiger partial charge is 0.493 e. The van der Waals surface area contributed by atoms with E-state index in [1.807, 2.05) is 18.2 Å². The number of esters is 1. The number of carbonyl (C=O) groups excluding carboxylic acids is 2. The lowest BCUT2D eigenvalue weighted by Crippen LogP contribution is -2.42. The van der Waals surface area contributed by atoms with Gasteiger partial charge in [0.05, 0.1) is 16.5 Å². The van der Waals surface area contributed by atoms with E-state index in [1.165, 1.54) is 12.3 Å². The van der Waals surface area contributed by atoms with Crippen molar-refractivity contribution in [2.45, 2.75) is 31.5 Å². The lowest BCUT2D eigenvalue weighted by atomic mass is 9.80. The Balaban J connectivity index is 1.55. The van der Waals surface area contributed by atoms with Crippen molar-refractivity contribution in [2.24, 2.45) is 5.92 Å². The maximum Gasteiger partial charge on any atom is 0.332 e. The van der Waals surface area contributed by atoms with E-state index in [2.05, 4.69) is 22.5 Å². The Bertz CT molecular complexity index is 744. The van der Waals surface area contributed by atoms with Crippen molar-refractivity contribution in [1.82, 2.24) is 0 Å². The summed E-state index contributed by atoms with van der Waals surface area (Å²) in [7, 11) is 0. The van der Waals surface area contributed by atoms with E-state index >= 15 is 0 Å². The van der Waals surface area contributed by atoms with Gasteiger partial charge in [-0.3, -0.25) is 4.79 Å². The van der Waals surface area contributed by atoms with Gasteiger partial charge in [-0.15, -0.1) is 0 Å². The normalized spacial score (nSPS) is 24.3. The Morgan fingerprint density at radius 3 is 2.93 bits per heavy atom. The predicted octanol–water partition coefficient (Wildman–Crippen LogP) is 3.55. The minimum Gasteiger partial charge on any atom is -0.493 e. The molecule has 3 unspecified atom stereocenters. The maximum absolute atomic E-state index is 12.8. The lowest BCUT2D eigenvalue weighted by Gasteiger charge is -2.37. The number of halogens is 1. The van der Waals surface area contributed by atoms with Crippen LogP contribution in [0.1, 0.15) is 19.3 Å². The van der Waals surface area contributed by atoms with Gasteiger partial charge in [0.15, 0.2) is 0 Å². The van der Waals surface area contributed by atoms with Crippen LogP contribution in [0, 0.1) is 5.92 Å². The number of fused-ring (bicyclic) bond motifs is 1. The number of rotatable bonds is 7. The molecule has 1 aromatic rings. The summed E-state index contributed by atoms with van der Waals surface area (Å²) in [6.45, 7) is 3.54. The van der Waals surface area contributed by atoms with Gasteiger partial charge in [-0.1, -0.05) is 24.8 Å². The van der Waals surface area contributed by atoms with E-state index in [4.69, 9.17) is 18.9 Å². The van der Waals surface area contributed by atoms with Crippen LogP contribution in [0.5, 0.6) is 5.75 Å². The average molecular weight is 437 g/mol. The second-order valence-corrected chi connectivity index (χ2v) is 7.23. The summed E-state index contributed by atoms with van der Waals surface area (Å²) in [6, 6.07) is 7.32. The summed E-state index contributed by atoms with van der Waals surface area (Å²) in [5, 5.41) is 0. The van der Waals surface area contributed by atoms with Gasteiger partial charge in [0.25, 0.3) is 0 Å². The topological polar surface area (TPSA) is 71.1 Å². The molecule has 1 aromatic carbocycles. The molecule has 2 aliphatic rings. The van der Waals surface area contributed by atoms with E-state index in [0.29, 0.717) is 25.0 Å². The summed E-state index contributed by atoms with van der Waals surface area (Å²) in [5.74, 6) is 0.0114. The molecule has 0 saturated heterocycles. The SMILES string of the molecule is C=CCOC(=O)COC1CCC2C(=O)C(Oc3ccccc3Br)=COC2C1. The fraction of sp³-hybridized carbons (Fsp3) is 0.400. The van der Waals surface area contributed by atoms with Crippen LogP contribution in [0.4, 0.5) is 0 Å². The molecule has 0 N–H and O–H groups in total. The zero-order valence-electron chi connectivity index (χ0n) is 14.8. The summed E-state index contributed by atoms with van der Waals surface area (Å²) in [6.07, 6.45) is 4.30. The molecule has 1 aliphatic carbocycles. The van der Waals surface area contributed by atoms with Gasteiger partial charge in [0.1, 0.15) is 31.3 Å². The highest BCUT2D eigenvalue weighted by molar-refractivity contribution is 9.10. The molecule has 0 amide bonds. The molecule has 1 fully saturated rings. The van der Waals surface area contributed by atoms with Crippen LogP contribution in [0.25, 0.3) is 0 Å². The monoisotopic (exact) mass is 436 g/mol. The van der Waals surface area contributed by atoms with Gasteiger partial charge in [-0.2, -0.15) is 0 Å². The van der Waals surface area contributed by atoms with E-state index < -0.39 is 5.97 Å². The minimum atomic E-state index is -0.429. The molecule has 0 radical (unpaired) electrons. The Labute approximate surface area is 166 Å². The highest BCUT2D eigenvalue weighted by Gasteiger charge is 2.41. The lowest BCUT2D eigenvalue weighted by molar-refractivity contribution is -0.153. The molecule has 0 aromatic heterocycles. The standard InChI is InChI=1S/C20H21BrO6/c1-2-9-24-19(22)12-25-13-7-8-14-17(10-13)26-11-18(20(14)23)27-16-6-4-3-5-15(16)21/h2-6,11,13-14,17H,1,7-10,12H2. The van der Waals surface area contributed by atoms with Gasteiger partial charge >= 0.3 is 5.97 Å². The first kappa shape index (κ1) is 19.6. The number of benzene rings is 1. The average Bonchev–Trinajstić information content (AvgIpc) is 2.68. The quantitative estimate of drug-likeness (QED) is 0.480. The third kappa shape index (κ3) is 4.99. The molecule has 7 heteroatoms. The summed E-state index contributed by atoms with van der Waals surface area (Å²) >= 11 is 3.40. The van der Waals surface area contributed by atoms with E-state index in [1.54, 1.807) is 6.07 Å². The Morgan fingerprint density at radius 2 is 2.15 bits per heavy atom. The summed E-state index contributed by atoms with van der Waals surface area (Å²) < 4.78 is 22.7. The van der Waals surface area contributed by atoms with Crippen LogP contribution < -0.4 is 4.74 Å². The van der Waals surface area contributed by atoms with Crippen LogP contribution in [0.3, 0.4) is 0 Å². The molecular formula is C20H21BrO6. The number of hydrogen-bond acceptors (Lipinski definition) is 6. The number of allylic oxidation sites excluding steroid dienone is 1. The van der Waals surface area contributed by atoms with Crippen LogP contribution in [-0.2, 0) is 23.8 Å².